The van der Waals surface area contributed by atoms with Crippen molar-refractivity contribution in [3.63, 3.8) is 0 Å². The minimum absolute atomic E-state index is 0.0908. The van der Waals surface area contributed by atoms with Crippen LogP contribution in [0.5, 0.6) is 0 Å². The van der Waals surface area contributed by atoms with Gasteiger partial charge in [-0.15, -0.1) is 0 Å². The van der Waals surface area contributed by atoms with Gasteiger partial charge in [-0.3, -0.25) is 14.9 Å². The Morgan fingerprint density at radius 3 is 2.50 bits per heavy atom. The maximum atomic E-state index is 12.3. The maximum Gasteiger partial charge on any atom is 0.333 e. The maximum absolute atomic E-state index is 12.3. The lowest BCUT2D eigenvalue weighted by molar-refractivity contribution is -0.384. The van der Waals surface area contributed by atoms with E-state index >= 15 is 0 Å². The number of carbonyl (C=O) groups excluding carboxylic acids is 1. The van der Waals surface area contributed by atoms with Gasteiger partial charge in [0.2, 0.25) is 11.7 Å². The summed E-state index contributed by atoms with van der Waals surface area (Å²) in [6, 6.07) is -0.546. The molecule has 2 N–H and O–H groups in total. The summed E-state index contributed by atoms with van der Waals surface area (Å²) in [6.07, 6.45) is 0.512. The monoisotopic (exact) mass is 340 g/mol. The van der Waals surface area contributed by atoms with E-state index in [2.05, 4.69) is 34.5 Å². The number of carbonyl (C=O) groups is 1. The highest BCUT2D eigenvalue weighted by Crippen LogP contribution is 2.28. The first-order valence-electron chi connectivity index (χ1n) is 8.30. The van der Waals surface area contributed by atoms with Crippen molar-refractivity contribution in [3.05, 3.63) is 15.8 Å². The van der Waals surface area contributed by atoms with Gasteiger partial charge in [-0.1, -0.05) is 20.8 Å². The van der Waals surface area contributed by atoms with E-state index in [4.69, 9.17) is 0 Å². The predicted octanol–water partition coefficient (Wildman–Crippen LogP) is 1.29. The van der Waals surface area contributed by atoms with Gasteiger partial charge in [0.05, 0.1) is 4.92 Å². The van der Waals surface area contributed by atoms with Gasteiger partial charge < -0.3 is 15.5 Å². The van der Waals surface area contributed by atoms with Crippen molar-refractivity contribution in [1.82, 2.24) is 20.0 Å². The average Bonchev–Trinajstić information content (AvgIpc) is 2.82. The highest BCUT2D eigenvalue weighted by Gasteiger charge is 2.27. The number of nitrogens with one attached hydrogen (secondary N) is 2. The molecule has 9 heteroatoms. The quantitative estimate of drug-likeness (QED) is 0.491. The van der Waals surface area contributed by atoms with Crippen LogP contribution in [0, 0.1) is 17.0 Å². The number of anilines is 1. The molecule has 0 bridgehead atoms. The molecule has 1 aromatic rings. The number of hydrogen-bond acceptors (Lipinski definition) is 6. The Morgan fingerprint density at radius 2 is 2.00 bits per heavy atom. The summed E-state index contributed by atoms with van der Waals surface area (Å²) in [5.41, 5.74) is 0.230. The van der Waals surface area contributed by atoms with Gasteiger partial charge in [0.15, 0.2) is 0 Å². The number of hydrogen-bond donors (Lipinski definition) is 2. The summed E-state index contributed by atoms with van der Waals surface area (Å²) in [6.45, 7) is 10.8. The van der Waals surface area contributed by atoms with Crippen molar-refractivity contribution in [2.45, 2.75) is 40.2 Å². The third-order valence-electron chi connectivity index (χ3n) is 4.03. The minimum Gasteiger partial charge on any atom is -0.353 e. The lowest BCUT2D eigenvalue weighted by Crippen LogP contribution is -2.43. The Balaban J connectivity index is 2.74. The van der Waals surface area contributed by atoms with Crippen molar-refractivity contribution < 1.29 is 9.72 Å². The molecule has 9 nitrogen and oxygen atoms in total. The van der Waals surface area contributed by atoms with E-state index in [9.17, 15) is 14.9 Å². The number of likely N-dealkylation sites (N-methyl/N-ethyl adjacent to an activating group) is 1. The van der Waals surface area contributed by atoms with Crippen LogP contribution in [-0.4, -0.2) is 57.7 Å². The second-order valence-electron chi connectivity index (χ2n) is 5.59. The van der Waals surface area contributed by atoms with Crippen molar-refractivity contribution in [2.75, 3.05) is 31.5 Å². The second kappa shape index (κ2) is 9.21. The van der Waals surface area contributed by atoms with Crippen molar-refractivity contribution >= 4 is 17.4 Å². The van der Waals surface area contributed by atoms with Crippen LogP contribution in [0.1, 0.15) is 32.9 Å². The van der Waals surface area contributed by atoms with E-state index in [0.29, 0.717) is 18.7 Å². The van der Waals surface area contributed by atoms with Crippen molar-refractivity contribution in [1.29, 1.82) is 0 Å². The molecule has 24 heavy (non-hydrogen) atoms. The summed E-state index contributed by atoms with van der Waals surface area (Å²) >= 11 is 0. The van der Waals surface area contributed by atoms with Gasteiger partial charge in [0.25, 0.3) is 0 Å². The van der Waals surface area contributed by atoms with Gasteiger partial charge in [0, 0.05) is 20.1 Å². The first kappa shape index (κ1) is 19.9. The smallest absolute Gasteiger partial charge is 0.333 e. The van der Waals surface area contributed by atoms with Crippen LogP contribution in [0.15, 0.2) is 0 Å². The molecule has 136 valence electrons. The topological polar surface area (TPSA) is 105 Å². The molecule has 0 aliphatic rings. The molecule has 0 spiro atoms. The zero-order valence-electron chi connectivity index (χ0n) is 15.1. The van der Waals surface area contributed by atoms with E-state index in [-0.39, 0.29) is 17.4 Å². The first-order chi connectivity index (χ1) is 11.3. The molecule has 1 aromatic heterocycles. The van der Waals surface area contributed by atoms with Crippen LogP contribution in [0.2, 0.25) is 0 Å². The zero-order chi connectivity index (χ0) is 18.3. The molecular weight excluding hydrogens is 312 g/mol. The predicted molar refractivity (Wildman–Crippen MR) is 93.1 cm³/mol. The Bertz CT molecular complexity index is 568. The number of nitrogens with zero attached hydrogens (tertiary/aromatic N) is 4. The van der Waals surface area contributed by atoms with Gasteiger partial charge >= 0.3 is 5.69 Å². The summed E-state index contributed by atoms with van der Waals surface area (Å²) in [5, 5.41) is 21.1. The third kappa shape index (κ3) is 4.92. The molecule has 0 saturated heterocycles. The highest BCUT2D eigenvalue weighted by molar-refractivity contribution is 5.85. The Hall–Kier alpha value is -2.16. The summed E-state index contributed by atoms with van der Waals surface area (Å²) in [7, 11) is 1.62. The molecule has 0 fully saturated rings. The zero-order valence-corrected chi connectivity index (χ0v) is 15.1. The number of aryl methyl sites for hydroxylation is 2. The van der Waals surface area contributed by atoms with Crippen molar-refractivity contribution in [2.24, 2.45) is 7.05 Å². The summed E-state index contributed by atoms with van der Waals surface area (Å²) < 4.78 is 1.40. The number of nitro groups is 1. The number of aromatic nitrogens is 2. The Morgan fingerprint density at radius 1 is 1.38 bits per heavy atom. The molecule has 0 aliphatic heterocycles. The Labute approximate surface area is 142 Å². The van der Waals surface area contributed by atoms with E-state index in [1.807, 2.05) is 6.92 Å². The van der Waals surface area contributed by atoms with Crippen LogP contribution in [-0.2, 0) is 11.8 Å². The standard InChI is InChI=1S/C15H28N6O3/c1-6-12(15(22)16-9-10-20(7-2)8-3)17-14-13(21(23)24)11(4)18-19(14)5/h12,17H,6-10H2,1-5H3,(H,16,22). The fraction of sp³-hybridized carbons (Fsp3) is 0.733. The van der Waals surface area contributed by atoms with Crippen LogP contribution < -0.4 is 10.6 Å². The Kier molecular flexibility index (Phi) is 7.63. The molecule has 1 heterocycles. The fourth-order valence-corrected chi connectivity index (χ4v) is 2.55. The number of rotatable bonds is 10. The van der Waals surface area contributed by atoms with Gasteiger partial charge in [-0.05, 0) is 26.4 Å². The van der Waals surface area contributed by atoms with Gasteiger partial charge in [-0.25, -0.2) is 4.68 Å². The van der Waals surface area contributed by atoms with Crippen LogP contribution in [0.4, 0.5) is 11.5 Å². The van der Waals surface area contributed by atoms with E-state index in [0.717, 1.165) is 19.6 Å². The highest BCUT2D eigenvalue weighted by atomic mass is 16.6. The molecule has 0 saturated carbocycles. The normalized spacial score (nSPS) is 12.2. The molecule has 1 atom stereocenters. The SMILES string of the molecule is CCC(Nc1c([N+](=O)[O-])c(C)nn1C)C(=O)NCCN(CC)CC. The van der Waals surface area contributed by atoms with E-state index < -0.39 is 11.0 Å². The molecule has 0 aliphatic carbocycles. The molecule has 0 radical (unpaired) electrons. The molecule has 1 rings (SSSR count). The van der Waals surface area contributed by atoms with Crippen LogP contribution in [0.25, 0.3) is 0 Å². The summed E-state index contributed by atoms with van der Waals surface area (Å²) in [4.78, 5) is 25.3. The number of amides is 1. The minimum atomic E-state index is -0.546. The van der Waals surface area contributed by atoms with Gasteiger partial charge in [-0.2, -0.15) is 5.10 Å². The fourth-order valence-electron chi connectivity index (χ4n) is 2.55. The molecule has 0 aromatic carbocycles. The van der Waals surface area contributed by atoms with Crippen molar-refractivity contribution in [3.8, 4) is 0 Å². The van der Waals surface area contributed by atoms with E-state index in [1.54, 1.807) is 14.0 Å². The lowest BCUT2D eigenvalue weighted by Gasteiger charge is -2.20. The molecule has 1 unspecified atom stereocenters. The first-order valence-corrected chi connectivity index (χ1v) is 8.30. The molecule has 1 amide bonds. The van der Waals surface area contributed by atoms with Gasteiger partial charge in [0.1, 0.15) is 11.7 Å². The summed E-state index contributed by atoms with van der Waals surface area (Å²) in [5.74, 6) is 0.0843. The second-order valence-corrected chi connectivity index (χ2v) is 5.59. The lowest BCUT2D eigenvalue weighted by atomic mass is 10.2. The third-order valence-corrected chi connectivity index (χ3v) is 4.03. The molecular formula is C15H28N6O3. The van der Waals surface area contributed by atoms with Crippen LogP contribution >= 0.6 is 0 Å². The largest absolute Gasteiger partial charge is 0.353 e. The van der Waals surface area contributed by atoms with E-state index in [1.165, 1.54) is 4.68 Å². The average molecular weight is 340 g/mol. The van der Waals surface area contributed by atoms with Crippen LogP contribution in [0.3, 0.4) is 0 Å².